The molecule has 0 radical (unpaired) electrons. The van der Waals surface area contributed by atoms with Gasteiger partial charge in [-0.15, -0.1) is 0 Å². The summed E-state index contributed by atoms with van der Waals surface area (Å²) in [4.78, 5) is 23.8. The molecule has 0 aliphatic heterocycles. The molecule has 0 spiro atoms. The molecule has 0 amide bonds. The second-order valence-electron chi connectivity index (χ2n) is 5.79. The first-order valence-electron chi connectivity index (χ1n) is 8.83. The Morgan fingerprint density at radius 1 is 0.880 bits per heavy atom. The van der Waals surface area contributed by atoms with E-state index in [1.807, 2.05) is 6.92 Å². The van der Waals surface area contributed by atoms with Gasteiger partial charge in [0.2, 0.25) is 0 Å². The monoisotopic (exact) mass is 381 g/mol. The lowest BCUT2D eigenvalue weighted by atomic mass is 10.2. The number of nitrogens with two attached hydrogens (primary N) is 1. The van der Waals surface area contributed by atoms with Gasteiger partial charge in [-0.1, -0.05) is 52.4 Å². The van der Waals surface area contributed by atoms with Crippen molar-refractivity contribution in [3.05, 3.63) is 0 Å². The zero-order valence-corrected chi connectivity index (χ0v) is 16.0. The molecule has 0 aliphatic rings. The van der Waals surface area contributed by atoms with E-state index in [9.17, 15) is 18.0 Å². The van der Waals surface area contributed by atoms with Crippen molar-refractivity contribution in [3.63, 3.8) is 0 Å². The Morgan fingerprint density at radius 2 is 1.40 bits per heavy atom. The lowest BCUT2D eigenvalue weighted by Gasteiger charge is -2.14. The van der Waals surface area contributed by atoms with Gasteiger partial charge in [0.15, 0.2) is 5.25 Å². The van der Waals surface area contributed by atoms with Gasteiger partial charge >= 0.3 is 11.9 Å². The number of carbonyl (C=O) groups is 2. The average molecular weight is 381 g/mol. The molecule has 25 heavy (non-hydrogen) atoms. The van der Waals surface area contributed by atoms with Gasteiger partial charge in [-0.05, 0) is 12.8 Å². The summed E-state index contributed by atoms with van der Waals surface area (Å²) in [6, 6.07) is 0. The third kappa shape index (κ3) is 11.1. The second-order valence-corrected chi connectivity index (χ2v) is 7.54. The molecule has 1 atom stereocenters. The van der Waals surface area contributed by atoms with Gasteiger partial charge in [-0.3, -0.25) is 9.59 Å². The summed E-state index contributed by atoms with van der Waals surface area (Å²) in [5.41, 5.74) is 0. The van der Waals surface area contributed by atoms with Gasteiger partial charge in [0.1, 0.15) is 0 Å². The molecule has 0 fully saturated rings. The van der Waals surface area contributed by atoms with Crippen LogP contribution in [0.2, 0.25) is 0 Å². The first-order chi connectivity index (χ1) is 11.9. The minimum absolute atomic E-state index is 0.0848. The Morgan fingerprint density at radius 3 is 1.88 bits per heavy atom. The molecule has 0 aliphatic carbocycles. The summed E-state index contributed by atoms with van der Waals surface area (Å²) in [6.07, 6.45) is 6.51. The summed E-state index contributed by atoms with van der Waals surface area (Å²) < 4.78 is 37.3. The van der Waals surface area contributed by atoms with E-state index in [4.69, 9.17) is 15.4 Å². The summed E-state index contributed by atoms with van der Waals surface area (Å²) in [5.74, 6) is 2.87. The van der Waals surface area contributed by atoms with E-state index in [2.05, 4.69) is 11.2 Å². The molecule has 1 unspecified atom stereocenters. The van der Waals surface area contributed by atoms with Crippen molar-refractivity contribution in [1.29, 1.82) is 0 Å². The third-order valence-corrected chi connectivity index (χ3v) is 4.92. The first-order valence-corrected chi connectivity index (χ1v) is 10.3. The SMILES string of the molecule is CCCCCCOC(=O)CC(C(=O)OCCCCCC)S(=O)(=O)ON. The van der Waals surface area contributed by atoms with E-state index >= 15 is 0 Å². The van der Waals surface area contributed by atoms with Crippen molar-refractivity contribution in [3.8, 4) is 0 Å². The van der Waals surface area contributed by atoms with Crippen molar-refractivity contribution < 1.29 is 31.8 Å². The Labute approximate surface area is 150 Å². The number of ether oxygens (including phenoxy) is 2. The zero-order valence-electron chi connectivity index (χ0n) is 15.2. The highest BCUT2D eigenvalue weighted by atomic mass is 32.2. The molecule has 0 heterocycles. The number of rotatable bonds is 15. The number of hydrogen-bond acceptors (Lipinski definition) is 8. The number of esters is 2. The maximum absolute atomic E-state index is 12.0. The lowest BCUT2D eigenvalue weighted by Crippen LogP contribution is -2.37. The molecule has 148 valence electrons. The van der Waals surface area contributed by atoms with Crippen LogP contribution < -0.4 is 5.90 Å². The largest absolute Gasteiger partial charge is 0.466 e. The second kappa shape index (κ2) is 14.0. The highest BCUT2D eigenvalue weighted by Crippen LogP contribution is 2.12. The predicted molar refractivity (Wildman–Crippen MR) is 92.8 cm³/mol. The molecular formula is C16H31NO7S. The lowest BCUT2D eigenvalue weighted by molar-refractivity contribution is -0.150. The summed E-state index contributed by atoms with van der Waals surface area (Å²) in [5, 5.41) is -1.81. The highest BCUT2D eigenvalue weighted by molar-refractivity contribution is 7.88. The van der Waals surface area contributed by atoms with Crippen LogP contribution in [0.15, 0.2) is 0 Å². The van der Waals surface area contributed by atoms with Crippen LogP contribution in [0.3, 0.4) is 0 Å². The van der Waals surface area contributed by atoms with Gasteiger partial charge in [0, 0.05) is 0 Å². The number of hydrogen-bond donors (Lipinski definition) is 1. The Balaban J connectivity index is 4.48. The van der Waals surface area contributed by atoms with E-state index in [-0.39, 0.29) is 13.2 Å². The molecular weight excluding hydrogens is 350 g/mol. The molecule has 9 heteroatoms. The van der Waals surface area contributed by atoms with E-state index in [1.54, 1.807) is 0 Å². The van der Waals surface area contributed by atoms with Crippen LogP contribution in [0, 0.1) is 0 Å². The van der Waals surface area contributed by atoms with Crippen LogP contribution in [-0.4, -0.2) is 38.8 Å². The van der Waals surface area contributed by atoms with Crippen LogP contribution in [0.4, 0.5) is 0 Å². The van der Waals surface area contributed by atoms with Crippen LogP contribution in [-0.2, 0) is 33.5 Å². The Hall–Kier alpha value is -1.19. The van der Waals surface area contributed by atoms with Crippen molar-refractivity contribution in [1.82, 2.24) is 0 Å². The van der Waals surface area contributed by atoms with Crippen LogP contribution in [0.1, 0.15) is 71.6 Å². The normalized spacial score (nSPS) is 12.6. The maximum Gasteiger partial charge on any atom is 0.327 e. The molecule has 0 saturated heterocycles. The van der Waals surface area contributed by atoms with E-state index in [0.29, 0.717) is 12.8 Å². The molecule has 0 saturated carbocycles. The Kier molecular flexibility index (Phi) is 13.4. The standard InChI is InChI=1S/C16H31NO7S/c1-3-5-7-9-11-22-15(18)13-14(25(20,21)24-17)16(19)23-12-10-8-6-4-2/h14H,3-13,17H2,1-2H3. The quantitative estimate of drug-likeness (QED) is 0.260. The molecule has 8 nitrogen and oxygen atoms in total. The zero-order chi connectivity index (χ0) is 19.1. The average Bonchev–Trinajstić information content (AvgIpc) is 2.59. The third-order valence-electron chi connectivity index (χ3n) is 3.60. The molecule has 0 aromatic carbocycles. The fourth-order valence-corrected chi connectivity index (χ4v) is 2.87. The molecule has 0 aromatic heterocycles. The maximum atomic E-state index is 12.0. The fourth-order valence-electron chi connectivity index (χ4n) is 2.09. The van der Waals surface area contributed by atoms with Crippen molar-refractivity contribution >= 4 is 22.1 Å². The Bertz CT molecular complexity index is 479. The summed E-state index contributed by atoms with van der Waals surface area (Å²) >= 11 is 0. The van der Waals surface area contributed by atoms with Gasteiger partial charge in [-0.25, -0.2) is 0 Å². The molecule has 0 bridgehead atoms. The minimum Gasteiger partial charge on any atom is -0.466 e. The minimum atomic E-state index is -4.44. The van der Waals surface area contributed by atoms with Crippen LogP contribution in [0.5, 0.6) is 0 Å². The smallest absolute Gasteiger partial charge is 0.327 e. The highest BCUT2D eigenvalue weighted by Gasteiger charge is 2.37. The fraction of sp³-hybridized carbons (Fsp3) is 0.875. The number of unbranched alkanes of at least 4 members (excludes halogenated alkanes) is 6. The van der Waals surface area contributed by atoms with Gasteiger partial charge < -0.3 is 9.47 Å². The number of carbonyl (C=O) groups excluding carboxylic acids is 2. The van der Waals surface area contributed by atoms with Crippen molar-refractivity contribution in [2.24, 2.45) is 5.90 Å². The summed E-state index contributed by atoms with van der Waals surface area (Å²) in [6.45, 7) is 4.37. The topological polar surface area (TPSA) is 122 Å². The molecule has 2 N–H and O–H groups in total. The van der Waals surface area contributed by atoms with Crippen molar-refractivity contribution in [2.45, 2.75) is 76.9 Å². The van der Waals surface area contributed by atoms with E-state index < -0.39 is 33.7 Å². The first kappa shape index (κ1) is 23.8. The van der Waals surface area contributed by atoms with Crippen LogP contribution in [0.25, 0.3) is 0 Å². The van der Waals surface area contributed by atoms with Gasteiger partial charge in [-0.2, -0.15) is 18.6 Å². The predicted octanol–water partition coefficient (Wildman–Crippen LogP) is 2.21. The van der Waals surface area contributed by atoms with Crippen molar-refractivity contribution in [2.75, 3.05) is 13.2 Å². The van der Waals surface area contributed by atoms with E-state index in [0.717, 1.165) is 38.5 Å². The van der Waals surface area contributed by atoms with Crippen LogP contribution >= 0.6 is 0 Å². The van der Waals surface area contributed by atoms with Gasteiger partial charge in [0.05, 0.1) is 19.6 Å². The van der Waals surface area contributed by atoms with Gasteiger partial charge in [0.25, 0.3) is 10.1 Å². The molecule has 0 aromatic rings. The molecule has 0 rings (SSSR count). The van der Waals surface area contributed by atoms with E-state index in [1.165, 1.54) is 0 Å². The summed E-state index contributed by atoms with van der Waals surface area (Å²) in [7, 11) is -4.44.